The fourth-order valence-electron chi connectivity index (χ4n) is 2.27. The van der Waals surface area contributed by atoms with Crippen LogP contribution in [-0.4, -0.2) is 49.4 Å². The molecule has 19 heavy (non-hydrogen) atoms. The average molecular weight is 272 g/mol. The molecule has 1 aliphatic rings. The predicted octanol–water partition coefficient (Wildman–Crippen LogP) is 2.00. The zero-order chi connectivity index (χ0) is 14.5. The van der Waals surface area contributed by atoms with Crippen molar-refractivity contribution in [1.29, 1.82) is 0 Å². The molecule has 2 N–H and O–H groups in total. The Kier molecular flexibility index (Phi) is 6.07. The van der Waals surface area contributed by atoms with Crippen LogP contribution in [0.2, 0.25) is 0 Å². The van der Waals surface area contributed by atoms with E-state index in [0.717, 1.165) is 32.5 Å². The first kappa shape index (κ1) is 16.2. The van der Waals surface area contributed by atoms with E-state index in [1.807, 2.05) is 20.8 Å². The summed E-state index contributed by atoms with van der Waals surface area (Å²) >= 11 is 0. The number of carbonyl (C=O) groups is 1. The quantitative estimate of drug-likeness (QED) is 0.850. The first-order valence-corrected chi connectivity index (χ1v) is 7.07. The Balaban J connectivity index is 2.50. The highest BCUT2D eigenvalue weighted by atomic mass is 16.6. The lowest BCUT2D eigenvalue weighted by Gasteiger charge is -2.33. The van der Waals surface area contributed by atoms with Crippen LogP contribution in [0.3, 0.4) is 0 Å². The maximum absolute atomic E-state index is 12.0. The molecule has 5 nitrogen and oxygen atoms in total. The average Bonchev–Trinajstić information content (AvgIpc) is 2.34. The van der Waals surface area contributed by atoms with Crippen LogP contribution in [-0.2, 0) is 9.47 Å². The summed E-state index contributed by atoms with van der Waals surface area (Å²) in [6.07, 6.45) is 2.82. The van der Waals surface area contributed by atoms with Crippen LogP contribution in [0.4, 0.5) is 4.79 Å². The summed E-state index contributed by atoms with van der Waals surface area (Å²) in [4.78, 5) is 13.6. The predicted molar refractivity (Wildman–Crippen MR) is 75.0 cm³/mol. The molecule has 1 fully saturated rings. The van der Waals surface area contributed by atoms with Gasteiger partial charge in [0, 0.05) is 32.8 Å². The lowest BCUT2D eigenvalue weighted by Crippen LogP contribution is -2.45. The number of likely N-dealkylation sites (N-methyl/N-ethyl adjacent to an activating group) is 1. The molecule has 1 rings (SSSR count). The summed E-state index contributed by atoms with van der Waals surface area (Å²) < 4.78 is 10.8. The molecule has 0 aromatic heterocycles. The topological polar surface area (TPSA) is 64.8 Å². The summed E-state index contributed by atoms with van der Waals surface area (Å²) in [6, 6.07) is 0.0153. The number of hydrogen-bond acceptors (Lipinski definition) is 4. The van der Waals surface area contributed by atoms with Gasteiger partial charge in [-0.2, -0.15) is 0 Å². The van der Waals surface area contributed by atoms with E-state index in [9.17, 15) is 4.79 Å². The van der Waals surface area contributed by atoms with Gasteiger partial charge >= 0.3 is 6.09 Å². The highest BCUT2D eigenvalue weighted by Crippen LogP contribution is 2.21. The number of ether oxygens (including phenoxy) is 2. The van der Waals surface area contributed by atoms with Gasteiger partial charge in [0.15, 0.2) is 0 Å². The highest BCUT2D eigenvalue weighted by molar-refractivity contribution is 5.68. The fourth-order valence-corrected chi connectivity index (χ4v) is 2.27. The number of nitrogens with zero attached hydrogens (tertiary/aromatic N) is 1. The molecule has 5 heteroatoms. The summed E-state index contributed by atoms with van der Waals surface area (Å²) in [5, 5.41) is 0. The van der Waals surface area contributed by atoms with E-state index < -0.39 is 5.60 Å². The van der Waals surface area contributed by atoms with Gasteiger partial charge in [0.25, 0.3) is 0 Å². The Labute approximate surface area is 116 Å². The van der Waals surface area contributed by atoms with Gasteiger partial charge in [-0.3, -0.25) is 0 Å². The van der Waals surface area contributed by atoms with E-state index in [2.05, 4.69) is 0 Å². The number of nitrogens with two attached hydrogens (primary N) is 1. The van der Waals surface area contributed by atoms with Gasteiger partial charge < -0.3 is 20.1 Å². The normalized spacial score (nSPS) is 21.8. The van der Waals surface area contributed by atoms with E-state index in [1.165, 1.54) is 0 Å². The Morgan fingerprint density at radius 2 is 2.21 bits per heavy atom. The van der Waals surface area contributed by atoms with Crippen molar-refractivity contribution < 1.29 is 14.3 Å². The second kappa shape index (κ2) is 7.10. The summed E-state index contributed by atoms with van der Waals surface area (Å²) in [5.41, 5.74) is 5.33. The van der Waals surface area contributed by atoms with E-state index in [0.29, 0.717) is 12.5 Å². The smallest absolute Gasteiger partial charge is 0.410 e. The maximum Gasteiger partial charge on any atom is 0.410 e. The lowest BCUT2D eigenvalue weighted by molar-refractivity contribution is 0.0123. The molecule has 0 aromatic rings. The molecule has 0 aliphatic carbocycles. The van der Waals surface area contributed by atoms with Gasteiger partial charge in [-0.25, -0.2) is 4.79 Å². The van der Waals surface area contributed by atoms with Gasteiger partial charge in [-0.05, 0) is 46.0 Å². The molecule has 1 aliphatic heterocycles. The van der Waals surface area contributed by atoms with Gasteiger partial charge in [0.2, 0.25) is 0 Å². The van der Waals surface area contributed by atoms with Crippen molar-refractivity contribution in [3.63, 3.8) is 0 Å². The zero-order valence-electron chi connectivity index (χ0n) is 12.6. The fraction of sp³-hybridized carbons (Fsp3) is 0.929. The molecule has 0 radical (unpaired) electrons. The second-order valence-corrected chi connectivity index (χ2v) is 6.30. The summed E-state index contributed by atoms with van der Waals surface area (Å²) in [7, 11) is 1.76. The van der Waals surface area contributed by atoms with Crippen LogP contribution in [0.5, 0.6) is 0 Å². The standard InChI is InChI=1S/C14H28N2O3/c1-14(2,3)19-13(17)16(4)12(9-15)8-11-6-5-7-18-10-11/h11-12H,5-10,15H2,1-4H3/t11-,12+/m1/s1. The monoisotopic (exact) mass is 272 g/mol. The highest BCUT2D eigenvalue weighted by Gasteiger charge is 2.27. The molecule has 112 valence electrons. The van der Waals surface area contributed by atoms with Crippen molar-refractivity contribution in [3.8, 4) is 0 Å². The molecule has 1 amide bonds. The largest absolute Gasteiger partial charge is 0.444 e. The Morgan fingerprint density at radius 1 is 1.53 bits per heavy atom. The minimum atomic E-state index is -0.474. The molecule has 0 saturated carbocycles. The Morgan fingerprint density at radius 3 is 2.68 bits per heavy atom. The van der Waals surface area contributed by atoms with Crippen molar-refractivity contribution in [1.82, 2.24) is 4.90 Å². The Bertz CT molecular complexity index is 283. The number of hydrogen-bond donors (Lipinski definition) is 1. The van der Waals surface area contributed by atoms with Crippen molar-refractivity contribution >= 4 is 6.09 Å². The van der Waals surface area contributed by atoms with Crippen molar-refractivity contribution in [3.05, 3.63) is 0 Å². The van der Waals surface area contributed by atoms with E-state index in [-0.39, 0.29) is 12.1 Å². The second-order valence-electron chi connectivity index (χ2n) is 6.30. The molecule has 0 bridgehead atoms. The third kappa shape index (κ3) is 5.78. The van der Waals surface area contributed by atoms with E-state index in [4.69, 9.17) is 15.2 Å². The number of rotatable bonds is 4. The van der Waals surface area contributed by atoms with Crippen molar-refractivity contribution in [2.45, 2.75) is 51.7 Å². The van der Waals surface area contributed by atoms with Gasteiger partial charge in [-0.1, -0.05) is 0 Å². The van der Waals surface area contributed by atoms with Crippen LogP contribution in [0.1, 0.15) is 40.0 Å². The molecular weight excluding hydrogens is 244 g/mol. The SMILES string of the molecule is CN(C(=O)OC(C)(C)C)[C@H](CN)C[C@H]1CCCOC1. The van der Waals surface area contributed by atoms with Crippen LogP contribution in [0.15, 0.2) is 0 Å². The molecule has 2 atom stereocenters. The minimum absolute atomic E-state index is 0.0153. The van der Waals surface area contributed by atoms with Crippen molar-refractivity contribution in [2.24, 2.45) is 11.7 Å². The third-order valence-electron chi connectivity index (χ3n) is 3.36. The third-order valence-corrected chi connectivity index (χ3v) is 3.36. The van der Waals surface area contributed by atoms with Gasteiger partial charge in [-0.15, -0.1) is 0 Å². The number of amides is 1. The molecule has 1 heterocycles. The molecule has 0 aromatic carbocycles. The minimum Gasteiger partial charge on any atom is -0.444 e. The maximum atomic E-state index is 12.0. The zero-order valence-corrected chi connectivity index (χ0v) is 12.6. The van der Waals surface area contributed by atoms with Crippen molar-refractivity contribution in [2.75, 3.05) is 26.8 Å². The van der Waals surface area contributed by atoms with Crippen LogP contribution in [0, 0.1) is 5.92 Å². The van der Waals surface area contributed by atoms with E-state index >= 15 is 0 Å². The van der Waals surface area contributed by atoms with E-state index in [1.54, 1.807) is 11.9 Å². The summed E-state index contributed by atoms with van der Waals surface area (Å²) in [6.45, 7) is 7.68. The molecular formula is C14H28N2O3. The molecule has 0 spiro atoms. The summed E-state index contributed by atoms with van der Waals surface area (Å²) in [5.74, 6) is 0.493. The molecule has 0 unspecified atom stereocenters. The molecule has 1 saturated heterocycles. The van der Waals surface area contributed by atoms with Crippen LogP contribution in [0.25, 0.3) is 0 Å². The first-order chi connectivity index (χ1) is 8.83. The Hall–Kier alpha value is -0.810. The first-order valence-electron chi connectivity index (χ1n) is 7.07. The van der Waals surface area contributed by atoms with Crippen LogP contribution >= 0.6 is 0 Å². The number of carbonyl (C=O) groups excluding carboxylic acids is 1. The van der Waals surface area contributed by atoms with Gasteiger partial charge in [0.1, 0.15) is 5.60 Å². The van der Waals surface area contributed by atoms with Crippen LogP contribution < -0.4 is 5.73 Å². The van der Waals surface area contributed by atoms with Gasteiger partial charge in [0.05, 0.1) is 0 Å². The lowest BCUT2D eigenvalue weighted by atomic mass is 9.94.